The third kappa shape index (κ3) is 6.10. The van der Waals surface area contributed by atoms with Crippen LogP contribution in [0.4, 0.5) is 0 Å². The largest absolute Gasteiger partial charge is 0.490 e. The molecule has 3 aromatic rings. The number of aromatic nitrogens is 2. The fourth-order valence-corrected chi connectivity index (χ4v) is 4.64. The Bertz CT molecular complexity index is 1130. The standard InChI is InChI=1S/C28H34N4O3/c1-4-32-21(2)17-25(29-32)28(34)31-16-15-26(35-24-13-9-6-10-14-24)23(20-31)18-27(33)30(3)19-22-11-7-5-8-12-22/h5-14,17,23,26H,4,15-16,18-20H2,1-3H3/t23-,26-/m0/s1. The van der Waals surface area contributed by atoms with Gasteiger partial charge in [-0.1, -0.05) is 48.5 Å². The first-order valence-corrected chi connectivity index (χ1v) is 12.3. The van der Waals surface area contributed by atoms with Crippen LogP contribution in [0.15, 0.2) is 66.7 Å². The topological polar surface area (TPSA) is 67.7 Å². The lowest BCUT2D eigenvalue weighted by molar-refractivity contribution is -0.132. The number of carbonyl (C=O) groups is 2. The van der Waals surface area contributed by atoms with Crippen molar-refractivity contribution < 1.29 is 14.3 Å². The number of amides is 2. The van der Waals surface area contributed by atoms with Crippen molar-refractivity contribution in [2.45, 2.75) is 45.9 Å². The second kappa shape index (κ2) is 11.2. The summed E-state index contributed by atoms with van der Waals surface area (Å²) in [6.07, 6.45) is 0.826. The number of hydrogen-bond donors (Lipinski definition) is 0. The second-order valence-corrected chi connectivity index (χ2v) is 9.20. The van der Waals surface area contributed by atoms with Gasteiger partial charge in [0.05, 0.1) is 0 Å². The van der Waals surface area contributed by atoms with Crippen LogP contribution in [-0.2, 0) is 17.9 Å². The highest BCUT2D eigenvalue weighted by Crippen LogP contribution is 2.27. The molecule has 0 saturated carbocycles. The van der Waals surface area contributed by atoms with Gasteiger partial charge in [0, 0.05) is 57.7 Å². The Morgan fingerprint density at radius 1 is 1.09 bits per heavy atom. The highest BCUT2D eigenvalue weighted by Gasteiger charge is 2.36. The zero-order chi connectivity index (χ0) is 24.8. The SMILES string of the molecule is CCn1nc(C(=O)N2CC[C@H](Oc3ccccc3)[C@@H](CC(=O)N(C)Cc3ccccc3)C2)cc1C. The number of piperidine rings is 1. The van der Waals surface area contributed by atoms with E-state index in [-0.39, 0.29) is 23.8 Å². The van der Waals surface area contributed by atoms with Gasteiger partial charge in [-0.25, -0.2) is 0 Å². The van der Waals surface area contributed by atoms with Crippen LogP contribution >= 0.6 is 0 Å². The normalized spacial score (nSPS) is 17.7. The predicted octanol–water partition coefficient (Wildman–Crippen LogP) is 4.17. The molecule has 2 atom stereocenters. The fourth-order valence-electron chi connectivity index (χ4n) is 4.64. The Labute approximate surface area is 207 Å². The Hall–Kier alpha value is -3.61. The number of aryl methyl sites for hydroxylation is 2. The van der Waals surface area contributed by atoms with Crippen LogP contribution in [0, 0.1) is 12.8 Å². The Kier molecular flexibility index (Phi) is 7.85. The van der Waals surface area contributed by atoms with Gasteiger partial charge >= 0.3 is 0 Å². The number of benzene rings is 2. The van der Waals surface area contributed by atoms with Crippen LogP contribution in [0.1, 0.15) is 41.5 Å². The van der Waals surface area contributed by atoms with Crippen molar-refractivity contribution in [3.8, 4) is 5.75 Å². The van der Waals surface area contributed by atoms with Gasteiger partial charge in [-0.3, -0.25) is 14.3 Å². The van der Waals surface area contributed by atoms with Crippen molar-refractivity contribution >= 4 is 11.8 Å². The molecule has 1 fully saturated rings. The molecule has 0 unspecified atom stereocenters. The van der Waals surface area contributed by atoms with Gasteiger partial charge in [-0.15, -0.1) is 0 Å². The van der Waals surface area contributed by atoms with Crippen molar-refractivity contribution in [1.82, 2.24) is 19.6 Å². The van der Waals surface area contributed by atoms with Crippen LogP contribution < -0.4 is 4.74 Å². The predicted molar refractivity (Wildman–Crippen MR) is 135 cm³/mol. The van der Waals surface area contributed by atoms with Crippen LogP contribution in [0.3, 0.4) is 0 Å². The molecule has 1 aliphatic heterocycles. The molecule has 0 N–H and O–H groups in total. The molecule has 7 heteroatoms. The maximum absolute atomic E-state index is 13.3. The minimum Gasteiger partial charge on any atom is -0.490 e. The quantitative estimate of drug-likeness (QED) is 0.492. The van der Waals surface area contributed by atoms with E-state index in [4.69, 9.17) is 4.74 Å². The smallest absolute Gasteiger partial charge is 0.274 e. The first-order valence-electron chi connectivity index (χ1n) is 12.3. The van der Waals surface area contributed by atoms with E-state index in [9.17, 15) is 9.59 Å². The van der Waals surface area contributed by atoms with Crippen molar-refractivity contribution in [3.63, 3.8) is 0 Å². The van der Waals surface area contributed by atoms with Crippen LogP contribution in [0.5, 0.6) is 5.75 Å². The molecule has 1 aliphatic rings. The van der Waals surface area contributed by atoms with Crippen molar-refractivity contribution in [1.29, 1.82) is 0 Å². The van der Waals surface area contributed by atoms with Crippen molar-refractivity contribution in [2.24, 2.45) is 5.92 Å². The van der Waals surface area contributed by atoms with E-state index in [0.717, 1.165) is 23.6 Å². The lowest BCUT2D eigenvalue weighted by Crippen LogP contribution is -2.49. The van der Waals surface area contributed by atoms with Gasteiger partial charge in [0.1, 0.15) is 11.9 Å². The van der Waals surface area contributed by atoms with E-state index in [1.807, 2.05) is 97.2 Å². The number of rotatable bonds is 8. The van der Waals surface area contributed by atoms with Gasteiger partial charge in [-0.2, -0.15) is 5.10 Å². The highest BCUT2D eigenvalue weighted by atomic mass is 16.5. The van der Waals surface area contributed by atoms with E-state index in [1.165, 1.54) is 0 Å². The zero-order valence-electron chi connectivity index (χ0n) is 20.8. The molecule has 0 aliphatic carbocycles. The maximum atomic E-state index is 13.3. The molecule has 2 aromatic carbocycles. The first kappa shape index (κ1) is 24.5. The third-order valence-electron chi connectivity index (χ3n) is 6.61. The molecule has 2 amide bonds. The summed E-state index contributed by atoms with van der Waals surface area (Å²) < 4.78 is 8.14. The summed E-state index contributed by atoms with van der Waals surface area (Å²) in [6.45, 7) is 6.26. The summed E-state index contributed by atoms with van der Waals surface area (Å²) in [4.78, 5) is 30.0. The van der Waals surface area contributed by atoms with Gasteiger partial charge in [0.25, 0.3) is 5.91 Å². The fraction of sp³-hybridized carbons (Fsp3) is 0.393. The number of carbonyl (C=O) groups excluding carboxylic acids is 2. The number of hydrogen-bond acceptors (Lipinski definition) is 4. The molecule has 1 aromatic heterocycles. The molecule has 4 rings (SSSR count). The molecule has 184 valence electrons. The van der Waals surface area contributed by atoms with Gasteiger partial charge in [0.2, 0.25) is 5.91 Å². The van der Waals surface area contributed by atoms with Crippen LogP contribution in [-0.4, -0.2) is 57.6 Å². The van der Waals surface area contributed by atoms with E-state index in [0.29, 0.717) is 38.2 Å². The Balaban J connectivity index is 1.48. The molecular formula is C28H34N4O3. The molecule has 2 heterocycles. The third-order valence-corrected chi connectivity index (χ3v) is 6.61. The summed E-state index contributed by atoms with van der Waals surface area (Å²) >= 11 is 0. The number of ether oxygens (including phenoxy) is 1. The molecule has 0 radical (unpaired) electrons. The highest BCUT2D eigenvalue weighted by molar-refractivity contribution is 5.92. The summed E-state index contributed by atoms with van der Waals surface area (Å²) in [5.74, 6) is 0.618. The number of para-hydroxylation sites is 1. The molecule has 0 bridgehead atoms. The van der Waals surface area contributed by atoms with E-state index < -0.39 is 0 Å². The number of nitrogens with zero attached hydrogens (tertiary/aromatic N) is 4. The lowest BCUT2D eigenvalue weighted by Gasteiger charge is -2.38. The Morgan fingerprint density at radius 3 is 2.43 bits per heavy atom. The average Bonchev–Trinajstić information content (AvgIpc) is 3.26. The summed E-state index contributed by atoms with van der Waals surface area (Å²) in [7, 11) is 1.83. The molecule has 0 spiro atoms. The lowest BCUT2D eigenvalue weighted by atomic mass is 9.90. The molecule has 35 heavy (non-hydrogen) atoms. The monoisotopic (exact) mass is 474 g/mol. The minimum absolute atomic E-state index is 0.0425. The summed E-state index contributed by atoms with van der Waals surface area (Å²) in [5, 5.41) is 4.47. The van der Waals surface area contributed by atoms with Crippen LogP contribution in [0.25, 0.3) is 0 Å². The Morgan fingerprint density at radius 2 is 1.77 bits per heavy atom. The van der Waals surface area contributed by atoms with E-state index in [1.54, 1.807) is 4.90 Å². The molecular weight excluding hydrogens is 440 g/mol. The van der Waals surface area contributed by atoms with Crippen molar-refractivity contribution in [2.75, 3.05) is 20.1 Å². The van der Waals surface area contributed by atoms with Gasteiger partial charge in [0.15, 0.2) is 5.69 Å². The minimum atomic E-state index is -0.148. The molecule has 1 saturated heterocycles. The van der Waals surface area contributed by atoms with Crippen molar-refractivity contribution in [3.05, 3.63) is 83.7 Å². The maximum Gasteiger partial charge on any atom is 0.274 e. The first-order chi connectivity index (χ1) is 16.9. The summed E-state index contributed by atoms with van der Waals surface area (Å²) in [6, 6.07) is 21.5. The van der Waals surface area contributed by atoms with E-state index >= 15 is 0 Å². The van der Waals surface area contributed by atoms with E-state index in [2.05, 4.69) is 5.10 Å². The second-order valence-electron chi connectivity index (χ2n) is 9.20. The zero-order valence-corrected chi connectivity index (χ0v) is 20.8. The van der Waals surface area contributed by atoms with Gasteiger partial charge in [-0.05, 0) is 37.6 Å². The number of likely N-dealkylation sites (tertiary alicyclic amines) is 1. The molecule has 7 nitrogen and oxygen atoms in total. The summed E-state index contributed by atoms with van der Waals surface area (Å²) in [5.41, 5.74) is 2.51. The van der Waals surface area contributed by atoms with Gasteiger partial charge < -0.3 is 14.5 Å². The van der Waals surface area contributed by atoms with Crippen LogP contribution in [0.2, 0.25) is 0 Å². The average molecular weight is 475 g/mol.